The molecule has 3 aromatic rings. The van der Waals surface area contributed by atoms with Crippen LogP contribution in [0.2, 0.25) is 5.02 Å². The number of urea groups is 1. The first-order valence-electron chi connectivity index (χ1n) is 10.2. The van der Waals surface area contributed by atoms with Crippen LogP contribution < -0.4 is 24.8 Å². The Morgan fingerprint density at radius 3 is 2.36 bits per heavy atom. The van der Waals surface area contributed by atoms with Crippen LogP contribution >= 0.6 is 24.0 Å². The van der Waals surface area contributed by atoms with Gasteiger partial charge in [0, 0.05) is 30.3 Å². The van der Waals surface area contributed by atoms with Crippen LogP contribution in [-0.2, 0) is 0 Å². The molecule has 2 amide bonds. The zero-order valence-corrected chi connectivity index (χ0v) is 20.9. The van der Waals surface area contributed by atoms with Crippen molar-refractivity contribution in [2.75, 3.05) is 26.1 Å². The van der Waals surface area contributed by atoms with Gasteiger partial charge in [-0.15, -0.1) is 12.4 Å². The van der Waals surface area contributed by atoms with E-state index in [0.29, 0.717) is 45.8 Å². The Balaban J connectivity index is 0.00000385. The average molecular weight is 494 g/mol. The molecule has 2 aromatic carbocycles. The van der Waals surface area contributed by atoms with Crippen molar-refractivity contribution in [2.45, 2.75) is 27.2 Å². The van der Waals surface area contributed by atoms with Gasteiger partial charge in [-0.25, -0.2) is 4.79 Å². The summed E-state index contributed by atoms with van der Waals surface area (Å²) in [7, 11) is 3.15. The fourth-order valence-corrected chi connectivity index (χ4v) is 3.26. The van der Waals surface area contributed by atoms with Gasteiger partial charge in [0.15, 0.2) is 11.5 Å². The molecule has 0 radical (unpaired) electrons. The van der Waals surface area contributed by atoms with Gasteiger partial charge in [0.05, 0.1) is 30.4 Å². The lowest BCUT2D eigenvalue weighted by molar-refractivity contribution is 0.250. The van der Waals surface area contributed by atoms with Crippen molar-refractivity contribution in [3.05, 3.63) is 47.6 Å². The van der Waals surface area contributed by atoms with Gasteiger partial charge >= 0.3 is 6.03 Å². The number of pyridine rings is 1. The molecule has 0 aliphatic carbocycles. The summed E-state index contributed by atoms with van der Waals surface area (Å²) < 4.78 is 16.8. The molecule has 0 saturated carbocycles. The minimum absolute atomic E-state index is 0. The molecule has 178 valence electrons. The van der Waals surface area contributed by atoms with Gasteiger partial charge in [-0.1, -0.05) is 32.4 Å². The topological polar surface area (TPSA) is 81.7 Å². The Hall–Kier alpha value is -2.90. The van der Waals surface area contributed by atoms with E-state index in [1.807, 2.05) is 6.07 Å². The normalized spacial score (nSPS) is 10.8. The summed E-state index contributed by atoms with van der Waals surface area (Å²) >= 11 is 6.38. The standard InChI is InChI=1S/C24H28ClN3O4.ClH/c1-24(2,3)9-11-27-23(29)28-18-7-6-15(12-17(18)25)32-20-8-10-26-19-14-22(31-5)21(30-4)13-16(19)20;/h6-8,10,12-14H,9,11H2,1-5H3,(H2,27,28,29);1H. The lowest BCUT2D eigenvalue weighted by Crippen LogP contribution is -2.31. The summed E-state index contributed by atoms with van der Waals surface area (Å²) in [5.41, 5.74) is 1.35. The van der Waals surface area contributed by atoms with Crippen molar-refractivity contribution >= 4 is 46.6 Å². The molecular weight excluding hydrogens is 465 g/mol. The fraction of sp³-hybridized carbons (Fsp3) is 0.333. The molecule has 0 atom stereocenters. The zero-order valence-electron chi connectivity index (χ0n) is 19.3. The molecule has 2 N–H and O–H groups in total. The number of anilines is 1. The number of ether oxygens (including phenoxy) is 3. The van der Waals surface area contributed by atoms with E-state index in [2.05, 4.69) is 36.4 Å². The number of aromatic nitrogens is 1. The first-order valence-corrected chi connectivity index (χ1v) is 10.6. The fourth-order valence-electron chi connectivity index (χ4n) is 3.04. The van der Waals surface area contributed by atoms with E-state index in [1.165, 1.54) is 0 Å². The number of rotatable bonds is 7. The van der Waals surface area contributed by atoms with Gasteiger partial charge in [-0.3, -0.25) is 4.98 Å². The highest BCUT2D eigenvalue weighted by Gasteiger charge is 2.14. The Labute approximate surface area is 205 Å². The van der Waals surface area contributed by atoms with E-state index in [0.717, 1.165) is 11.8 Å². The van der Waals surface area contributed by atoms with Crippen LogP contribution in [0.15, 0.2) is 42.6 Å². The summed E-state index contributed by atoms with van der Waals surface area (Å²) in [5.74, 6) is 2.28. The van der Waals surface area contributed by atoms with Gasteiger partial charge in [-0.05, 0) is 36.1 Å². The van der Waals surface area contributed by atoms with Crippen molar-refractivity contribution in [3.8, 4) is 23.0 Å². The number of nitrogens with one attached hydrogen (secondary N) is 2. The first-order chi connectivity index (χ1) is 15.2. The molecule has 0 aliphatic rings. The Bertz CT molecular complexity index is 1120. The Morgan fingerprint density at radius 1 is 1.03 bits per heavy atom. The summed E-state index contributed by atoms with van der Waals surface area (Å²) in [5, 5.41) is 6.74. The van der Waals surface area contributed by atoms with Crippen LogP contribution in [0, 0.1) is 5.41 Å². The number of amides is 2. The Kier molecular flexibility index (Phi) is 9.02. The second kappa shape index (κ2) is 11.3. The van der Waals surface area contributed by atoms with Gasteiger partial charge in [0.2, 0.25) is 0 Å². The van der Waals surface area contributed by atoms with Crippen LogP contribution in [0.3, 0.4) is 0 Å². The van der Waals surface area contributed by atoms with E-state index < -0.39 is 0 Å². The molecule has 0 unspecified atom stereocenters. The van der Waals surface area contributed by atoms with Gasteiger partial charge < -0.3 is 24.8 Å². The van der Waals surface area contributed by atoms with Crippen molar-refractivity contribution in [1.29, 1.82) is 0 Å². The molecule has 33 heavy (non-hydrogen) atoms. The molecule has 1 heterocycles. The molecule has 0 saturated heterocycles. The van der Waals surface area contributed by atoms with Gasteiger partial charge in [0.1, 0.15) is 11.5 Å². The number of methoxy groups -OCH3 is 2. The van der Waals surface area contributed by atoms with E-state index in [1.54, 1.807) is 50.7 Å². The largest absolute Gasteiger partial charge is 0.493 e. The molecular formula is C24H29Cl2N3O4. The SMILES string of the molecule is COc1cc2nccc(Oc3ccc(NC(=O)NCCC(C)(C)C)c(Cl)c3)c2cc1OC.Cl. The molecule has 3 rings (SSSR count). The molecule has 7 nitrogen and oxygen atoms in total. The van der Waals surface area contributed by atoms with Crippen LogP contribution in [0.5, 0.6) is 23.0 Å². The van der Waals surface area contributed by atoms with E-state index in [-0.39, 0.29) is 23.9 Å². The van der Waals surface area contributed by atoms with Crippen LogP contribution in [0.1, 0.15) is 27.2 Å². The maximum Gasteiger partial charge on any atom is 0.319 e. The maximum absolute atomic E-state index is 12.1. The van der Waals surface area contributed by atoms with Crippen molar-refractivity contribution in [3.63, 3.8) is 0 Å². The second-order valence-electron chi connectivity index (χ2n) is 8.47. The molecule has 0 bridgehead atoms. The average Bonchev–Trinajstić information content (AvgIpc) is 2.74. The quantitative estimate of drug-likeness (QED) is 0.383. The highest BCUT2D eigenvalue weighted by atomic mass is 35.5. The lowest BCUT2D eigenvalue weighted by Gasteiger charge is -2.18. The number of carbonyl (C=O) groups excluding carboxylic acids is 1. The molecule has 0 aliphatic heterocycles. The van der Waals surface area contributed by atoms with Crippen LogP contribution in [0.25, 0.3) is 10.9 Å². The minimum Gasteiger partial charge on any atom is -0.493 e. The molecule has 1 aromatic heterocycles. The van der Waals surface area contributed by atoms with Gasteiger partial charge in [-0.2, -0.15) is 0 Å². The van der Waals surface area contributed by atoms with Crippen molar-refractivity contribution in [1.82, 2.24) is 10.3 Å². The predicted molar refractivity (Wildman–Crippen MR) is 135 cm³/mol. The number of nitrogens with zero attached hydrogens (tertiary/aromatic N) is 1. The summed E-state index contributed by atoms with van der Waals surface area (Å²) in [6.07, 6.45) is 2.53. The number of benzene rings is 2. The summed E-state index contributed by atoms with van der Waals surface area (Å²) in [4.78, 5) is 16.5. The zero-order chi connectivity index (χ0) is 23.3. The predicted octanol–water partition coefficient (Wildman–Crippen LogP) is 6.68. The van der Waals surface area contributed by atoms with E-state index >= 15 is 0 Å². The maximum atomic E-state index is 12.1. The molecule has 0 fully saturated rings. The van der Waals surface area contributed by atoms with Crippen molar-refractivity contribution in [2.24, 2.45) is 5.41 Å². The minimum atomic E-state index is -0.300. The van der Waals surface area contributed by atoms with E-state index in [4.69, 9.17) is 25.8 Å². The van der Waals surface area contributed by atoms with Gasteiger partial charge in [0.25, 0.3) is 0 Å². The number of hydrogen-bond acceptors (Lipinski definition) is 5. The van der Waals surface area contributed by atoms with Crippen LogP contribution in [0.4, 0.5) is 10.5 Å². The highest BCUT2D eigenvalue weighted by molar-refractivity contribution is 6.33. The number of fused-ring (bicyclic) bond motifs is 1. The smallest absolute Gasteiger partial charge is 0.319 e. The monoisotopic (exact) mass is 493 g/mol. The number of halogens is 2. The third-order valence-corrected chi connectivity index (χ3v) is 5.10. The highest BCUT2D eigenvalue weighted by Crippen LogP contribution is 2.37. The molecule has 9 heteroatoms. The molecule has 0 spiro atoms. The number of hydrogen-bond donors (Lipinski definition) is 2. The first kappa shape index (κ1) is 26.4. The number of carbonyl (C=O) groups is 1. The summed E-state index contributed by atoms with van der Waals surface area (Å²) in [6, 6.07) is 10.2. The third-order valence-electron chi connectivity index (χ3n) is 4.78. The third kappa shape index (κ3) is 7.04. The van der Waals surface area contributed by atoms with Crippen LogP contribution in [-0.4, -0.2) is 31.8 Å². The Morgan fingerprint density at radius 2 is 1.73 bits per heavy atom. The van der Waals surface area contributed by atoms with E-state index in [9.17, 15) is 4.79 Å². The second-order valence-corrected chi connectivity index (χ2v) is 8.88. The summed E-state index contributed by atoms with van der Waals surface area (Å²) in [6.45, 7) is 6.96. The lowest BCUT2D eigenvalue weighted by atomic mass is 9.92. The van der Waals surface area contributed by atoms with Crippen molar-refractivity contribution < 1.29 is 19.0 Å².